The van der Waals surface area contributed by atoms with Crippen molar-refractivity contribution in [2.45, 2.75) is 52.0 Å². The first-order valence-electron chi connectivity index (χ1n) is 9.14. The zero-order valence-corrected chi connectivity index (χ0v) is 15.3. The summed E-state index contributed by atoms with van der Waals surface area (Å²) >= 11 is 0. The van der Waals surface area contributed by atoms with Crippen LogP contribution in [-0.4, -0.2) is 58.3 Å². The number of hydrogen-bond acceptors (Lipinski definition) is 5. The summed E-state index contributed by atoms with van der Waals surface area (Å²) in [5.74, 6) is 2.31. The normalized spacial score (nSPS) is 18.0. The molecule has 25 heavy (non-hydrogen) atoms. The molecule has 1 saturated heterocycles. The van der Waals surface area contributed by atoms with Crippen molar-refractivity contribution in [1.29, 1.82) is 0 Å². The molecule has 1 N–H and O–H groups in total. The van der Waals surface area contributed by atoms with Gasteiger partial charge < -0.3 is 15.1 Å². The Hall–Kier alpha value is -2.18. The van der Waals surface area contributed by atoms with Crippen molar-refractivity contribution in [2.24, 2.45) is 0 Å². The summed E-state index contributed by atoms with van der Waals surface area (Å²) in [6.45, 7) is 6.33. The number of carbonyl (C=O) groups excluding carboxylic acids is 2. The second kappa shape index (κ2) is 7.37. The predicted octanol–water partition coefficient (Wildman–Crippen LogP) is 1.54. The number of anilines is 1. The molecule has 7 heteroatoms. The van der Waals surface area contributed by atoms with Crippen LogP contribution in [0.5, 0.6) is 0 Å². The summed E-state index contributed by atoms with van der Waals surface area (Å²) in [7, 11) is 1.88. The van der Waals surface area contributed by atoms with Crippen molar-refractivity contribution in [3.8, 4) is 0 Å². The molecule has 1 fully saturated rings. The lowest BCUT2D eigenvalue weighted by molar-refractivity contribution is -0.132. The van der Waals surface area contributed by atoms with Gasteiger partial charge in [-0.15, -0.1) is 0 Å². The number of hydrogen-bond donors (Lipinski definition) is 1. The molecule has 7 nitrogen and oxygen atoms in total. The molecule has 0 aromatic carbocycles. The molecular weight excluding hydrogens is 318 g/mol. The van der Waals surface area contributed by atoms with E-state index >= 15 is 0 Å². The fourth-order valence-electron chi connectivity index (χ4n) is 3.73. The van der Waals surface area contributed by atoms with E-state index in [2.05, 4.69) is 5.32 Å². The Labute approximate surface area is 148 Å². The minimum Gasteiger partial charge on any atom is -0.373 e. The fourth-order valence-corrected chi connectivity index (χ4v) is 3.73. The maximum absolute atomic E-state index is 12.0. The summed E-state index contributed by atoms with van der Waals surface area (Å²) < 4.78 is 0. The zero-order valence-electron chi connectivity index (χ0n) is 15.3. The second-order valence-corrected chi connectivity index (χ2v) is 6.80. The van der Waals surface area contributed by atoms with Crippen LogP contribution in [0.3, 0.4) is 0 Å². The van der Waals surface area contributed by atoms with E-state index in [0.29, 0.717) is 13.0 Å². The molecule has 0 spiro atoms. The summed E-state index contributed by atoms with van der Waals surface area (Å²) in [4.78, 5) is 36.9. The third-order valence-electron chi connectivity index (χ3n) is 5.28. The van der Waals surface area contributed by atoms with Crippen molar-refractivity contribution < 1.29 is 9.59 Å². The first-order valence-corrected chi connectivity index (χ1v) is 9.14. The largest absolute Gasteiger partial charge is 0.373 e. The van der Waals surface area contributed by atoms with E-state index in [9.17, 15) is 9.59 Å². The molecule has 0 saturated carbocycles. The van der Waals surface area contributed by atoms with E-state index in [1.54, 1.807) is 6.92 Å². The van der Waals surface area contributed by atoms with Gasteiger partial charge >= 0.3 is 0 Å². The molecule has 136 valence electrons. The van der Waals surface area contributed by atoms with Crippen LogP contribution in [0.1, 0.15) is 56.1 Å². The summed E-state index contributed by atoms with van der Waals surface area (Å²) in [5.41, 5.74) is 2.10. The smallest absolute Gasteiger partial charge is 0.222 e. The predicted molar refractivity (Wildman–Crippen MR) is 95.2 cm³/mol. The Morgan fingerprint density at radius 3 is 2.48 bits per heavy atom. The number of nitrogens with one attached hydrogen (secondary N) is 1. The molecule has 0 atom stereocenters. The highest BCUT2D eigenvalue weighted by atomic mass is 16.2. The molecule has 0 radical (unpaired) electrons. The van der Waals surface area contributed by atoms with Crippen molar-refractivity contribution >= 4 is 17.6 Å². The Morgan fingerprint density at radius 1 is 1.16 bits per heavy atom. The average Bonchev–Trinajstić information content (AvgIpc) is 2.65. The molecule has 1 aromatic heterocycles. The summed E-state index contributed by atoms with van der Waals surface area (Å²) in [5, 5.41) is 3.20. The van der Waals surface area contributed by atoms with Gasteiger partial charge in [0.15, 0.2) is 0 Å². The van der Waals surface area contributed by atoms with E-state index in [1.165, 1.54) is 0 Å². The van der Waals surface area contributed by atoms with Gasteiger partial charge in [-0.3, -0.25) is 9.59 Å². The number of nitrogens with zero attached hydrogens (tertiary/aromatic N) is 4. The lowest BCUT2D eigenvalue weighted by Gasteiger charge is -2.32. The SMILES string of the molecule is CCC(=O)N1CCc2c(nc(C3CCN(C(C)=O)CC3)nc2NC)C1. The number of fused-ring (bicyclic) bond motifs is 1. The highest BCUT2D eigenvalue weighted by Gasteiger charge is 2.28. The van der Waals surface area contributed by atoms with Gasteiger partial charge in [-0.25, -0.2) is 9.97 Å². The van der Waals surface area contributed by atoms with Crippen molar-refractivity contribution in [2.75, 3.05) is 32.0 Å². The van der Waals surface area contributed by atoms with Crippen LogP contribution in [-0.2, 0) is 22.6 Å². The lowest BCUT2D eigenvalue weighted by Crippen LogP contribution is -2.38. The highest BCUT2D eigenvalue weighted by Crippen LogP contribution is 2.30. The van der Waals surface area contributed by atoms with Gasteiger partial charge in [0.05, 0.1) is 12.2 Å². The van der Waals surface area contributed by atoms with Gasteiger partial charge in [0, 0.05) is 51.5 Å². The summed E-state index contributed by atoms with van der Waals surface area (Å²) in [6, 6.07) is 0. The Kier molecular flexibility index (Phi) is 5.20. The molecule has 1 aromatic rings. The van der Waals surface area contributed by atoms with E-state index in [0.717, 1.165) is 61.8 Å². The Bertz CT molecular complexity index is 668. The highest BCUT2D eigenvalue weighted by molar-refractivity contribution is 5.76. The molecule has 0 unspecified atom stereocenters. The number of rotatable bonds is 3. The first-order chi connectivity index (χ1) is 12.0. The van der Waals surface area contributed by atoms with E-state index in [1.807, 2.05) is 23.8 Å². The van der Waals surface area contributed by atoms with Crippen LogP contribution >= 0.6 is 0 Å². The third kappa shape index (κ3) is 3.60. The molecule has 2 aliphatic rings. The molecule has 2 aliphatic heterocycles. The number of piperidine rings is 1. The van der Waals surface area contributed by atoms with E-state index in [-0.39, 0.29) is 17.7 Å². The van der Waals surface area contributed by atoms with Gasteiger partial charge in [-0.05, 0) is 19.3 Å². The maximum Gasteiger partial charge on any atom is 0.222 e. The first kappa shape index (κ1) is 17.6. The second-order valence-electron chi connectivity index (χ2n) is 6.80. The van der Waals surface area contributed by atoms with E-state index in [4.69, 9.17) is 9.97 Å². The van der Waals surface area contributed by atoms with Crippen LogP contribution in [0, 0.1) is 0 Å². The number of likely N-dealkylation sites (tertiary alicyclic amines) is 1. The number of carbonyl (C=O) groups is 2. The van der Waals surface area contributed by atoms with Gasteiger partial charge in [0.1, 0.15) is 11.6 Å². The van der Waals surface area contributed by atoms with E-state index < -0.39 is 0 Å². The van der Waals surface area contributed by atoms with Crippen LogP contribution in [0.2, 0.25) is 0 Å². The van der Waals surface area contributed by atoms with Crippen LogP contribution in [0.25, 0.3) is 0 Å². The van der Waals surface area contributed by atoms with Crippen molar-refractivity contribution in [3.63, 3.8) is 0 Å². The number of amides is 2. The molecule has 0 aliphatic carbocycles. The zero-order chi connectivity index (χ0) is 18.0. The van der Waals surface area contributed by atoms with Crippen molar-refractivity contribution in [1.82, 2.24) is 19.8 Å². The third-order valence-corrected chi connectivity index (χ3v) is 5.28. The van der Waals surface area contributed by atoms with Gasteiger partial charge in [0.2, 0.25) is 11.8 Å². The number of aromatic nitrogens is 2. The standard InChI is InChI=1S/C18H27N5O2/c1-4-16(25)23-10-7-14-15(11-23)20-17(21-18(14)19-3)13-5-8-22(9-6-13)12(2)24/h13H,4-11H2,1-3H3,(H,19,20,21). The Balaban J connectivity index is 1.82. The van der Waals surface area contributed by atoms with Crippen molar-refractivity contribution in [3.05, 3.63) is 17.1 Å². The van der Waals surface area contributed by atoms with Gasteiger partial charge in [0.25, 0.3) is 0 Å². The molecule has 0 bridgehead atoms. The van der Waals surface area contributed by atoms with Gasteiger partial charge in [-0.1, -0.05) is 6.92 Å². The monoisotopic (exact) mass is 345 g/mol. The molecule has 2 amide bonds. The molecular formula is C18H27N5O2. The summed E-state index contributed by atoms with van der Waals surface area (Å²) in [6.07, 6.45) is 3.09. The average molecular weight is 345 g/mol. The quantitative estimate of drug-likeness (QED) is 0.899. The molecule has 3 heterocycles. The minimum atomic E-state index is 0.134. The van der Waals surface area contributed by atoms with Crippen LogP contribution < -0.4 is 5.32 Å². The van der Waals surface area contributed by atoms with Gasteiger partial charge in [-0.2, -0.15) is 0 Å². The maximum atomic E-state index is 12.0. The van der Waals surface area contributed by atoms with Crippen LogP contribution in [0.4, 0.5) is 5.82 Å². The topological polar surface area (TPSA) is 78.4 Å². The minimum absolute atomic E-state index is 0.134. The fraction of sp³-hybridized carbons (Fsp3) is 0.667. The lowest BCUT2D eigenvalue weighted by atomic mass is 9.95. The van der Waals surface area contributed by atoms with Crippen LogP contribution in [0.15, 0.2) is 0 Å². The molecule has 3 rings (SSSR count). The Morgan fingerprint density at radius 2 is 1.88 bits per heavy atom.